The molecule has 3 aromatic carbocycles. The number of unbranched alkanes of at least 4 members (excludes halogenated alkanes) is 1. The molecule has 1 atom stereocenters. The van der Waals surface area contributed by atoms with Gasteiger partial charge in [-0.2, -0.15) is 0 Å². The first kappa shape index (κ1) is 26.3. The van der Waals surface area contributed by atoms with Crippen LogP contribution in [0.25, 0.3) is 16.8 Å². The number of nitrogens with one attached hydrogen (secondary N) is 1. The van der Waals surface area contributed by atoms with Crippen LogP contribution >= 0.6 is 11.8 Å². The van der Waals surface area contributed by atoms with E-state index in [2.05, 4.69) is 57.1 Å². The summed E-state index contributed by atoms with van der Waals surface area (Å²) in [5.74, 6) is 0.646. The molecule has 1 amide bonds. The van der Waals surface area contributed by atoms with E-state index >= 15 is 0 Å². The molecule has 0 fully saturated rings. The maximum Gasteiger partial charge on any atom is 0.277 e. The predicted molar refractivity (Wildman–Crippen MR) is 157 cm³/mol. The zero-order valence-corrected chi connectivity index (χ0v) is 23.5. The Morgan fingerprint density at radius 2 is 1.84 bits per heavy atom. The maximum atomic E-state index is 13.0. The van der Waals surface area contributed by atoms with Crippen LogP contribution in [0.5, 0.6) is 0 Å². The Bertz CT molecular complexity index is 1460. The fourth-order valence-corrected chi connectivity index (χ4v) is 7.47. The average Bonchev–Trinajstić information content (AvgIpc) is 3.05. The average molecular weight is 530 g/mol. The topological polar surface area (TPSA) is 75.5 Å². The number of carbonyl (C=O) groups excluding carboxylic acids is 1. The van der Waals surface area contributed by atoms with Gasteiger partial charge >= 0.3 is 0 Å². The minimum atomic E-state index is -0.451. The molecular formula is C31H35N3O3S. The van der Waals surface area contributed by atoms with Crippen molar-refractivity contribution >= 4 is 45.9 Å². The number of nitro benzene ring substituents is 1. The molecule has 0 aliphatic carbocycles. The highest BCUT2D eigenvalue weighted by molar-refractivity contribution is 8.01. The Hall–Kier alpha value is -3.32. The lowest BCUT2D eigenvalue weighted by atomic mass is 9.78. The number of benzene rings is 3. The van der Waals surface area contributed by atoms with Gasteiger partial charge in [0.15, 0.2) is 0 Å². The fourth-order valence-electron chi connectivity index (χ4n) is 5.89. The third-order valence-corrected chi connectivity index (χ3v) is 10.0. The number of hydrogen-bond acceptors (Lipinski definition) is 5. The number of anilines is 1. The molecule has 38 heavy (non-hydrogen) atoms. The van der Waals surface area contributed by atoms with Crippen molar-refractivity contribution in [2.45, 2.75) is 62.1 Å². The highest BCUT2D eigenvalue weighted by atomic mass is 32.2. The van der Waals surface area contributed by atoms with Crippen LogP contribution in [0, 0.1) is 16.0 Å². The molecule has 6 nitrogen and oxygen atoms in total. The molecule has 1 spiro atoms. The predicted octanol–water partition coefficient (Wildman–Crippen LogP) is 7.55. The van der Waals surface area contributed by atoms with E-state index in [1.807, 2.05) is 42.5 Å². The molecule has 3 aromatic rings. The van der Waals surface area contributed by atoms with Crippen LogP contribution in [-0.2, 0) is 5.41 Å². The summed E-state index contributed by atoms with van der Waals surface area (Å²) in [7, 11) is 2.10. The van der Waals surface area contributed by atoms with Gasteiger partial charge in [0.1, 0.15) is 4.87 Å². The smallest absolute Gasteiger partial charge is 0.277 e. The van der Waals surface area contributed by atoms with Crippen molar-refractivity contribution in [1.29, 1.82) is 0 Å². The number of likely N-dealkylation sites (N-methyl/N-ethyl adjacent to an activating group) is 1. The summed E-state index contributed by atoms with van der Waals surface area (Å²) < 4.78 is 0. The van der Waals surface area contributed by atoms with Gasteiger partial charge in [-0.1, -0.05) is 76.6 Å². The molecule has 2 aliphatic heterocycles. The largest absolute Gasteiger partial charge is 0.355 e. The Labute approximate surface area is 228 Å². The van der Waals surface area contributed by atoms with Crippen LogP contribution in [0.1, 0.15) is 68.4 Å². The number of nitro groups is 1. The summed E-state index contributed by atoms with van der Waals surface area (Å²) in [6, 6.07) is 15.3. The minimum absolute atomic E-state index is 0.0350. The number of nitrogens with zero attached hydrogens (tertiary/aromatic N) is 2. The van der Waals surface area contributed by atoms with Crippen molar-refractivity contribution in [3.05, 3.63) is 81.4 Å². The number of amides is 1. The molecule has 2 aliphatic rings. The molecular weight excluding hydrogens is 494 g/mol. The second-order valence-corrected chi connectivity index (χ2v) is 12.5. The summed E-state index contributed by atoms with van der Waals surface area (Å²) in [4.78, 5) is 27.4. The van der Waals surface area contributed by atoms with Gasteiger partial charge in [-0.15, -0.1) is 0 Å². The Morgan fingerprint density at radius 3 is 2.55 bits per heavy atom. The molecule has 0 bridgehead atoms. The number of hydrogen-bond donors (Lipinski definition) is 1. The molecule has 0 radical (unpaired) electrons. The minimum Gasteiger partial charge on any atom is -0.355 e. The van der Waals surface area contributed by atoms with E-state index < -0.39 is 4.87 Å². The van der Waals surface area contributed by atoms with Gasteiger partial charge < -0.3 is 10.2 Å². The Balaban J connectivity index is 1.47. The van der Waals surface area contributed by atoms with Crippen molar-refractivity contribution in [3.8, 4) is 0 Å². The summed E-state index contributed by atoms with van der Waals surface area (Å²) in [6.45, 7) is 9.57. The molecule has 5 rings (SSSR count). The number of fused-ring (bicyclic) bond motifs is 4. The van der Waals surface area contributed by atoms with Gasteiger partial charge in [0, 0.05) is 46.6 Å². The highest BCUT2D eigenvalue weighted by Gasteiger charge is 2.56. The Morgan fingerprint density at radius 1 is 1.11 bits per heavy atom. The van der Waals surface area contributed by atoms with Crippen LogP contribution in [0.4, 0.5) is 11.4 Å². The van der Waals surface area contributed by atoms with Gasteiger partial charge in [0.2, 0.25) is 0 Å². The molecule has 0 aromatic heterocycles. The van der Waals surface area contributed by atoms with Crippen molar-refractivity contribution in [2.75, 3.05) is 18.5 Å². The van der Waals surface area contributed by atoms with Gasteiger partial charge in [-0.05, 0) is 53.8 Å². The lowest BCUT2D eigenvalue weighted by Crippen LogP contribution is -2.50. The van der Waals surface area contributed by atoms with E-state index in [1.165, 1.54) is 6.42 Å². The van der Waals surface area contributed by atoms with E-state index in [9.17, 15) is 14.9 Å². The Kier molecular flexibility index (Phi) is 6.76. The van der Waals surface area contributed by atoms with Crippen molar-refractivity contribution in [2.24, 2.45) is 5.92 Å². The first-order valence-electron chi connectivity index (χ1n) is 13.3. The number of carbonyl (C=O) groups is 1. The van der Waals surface area contributed by atoms with E-state index in [0.29, 0.717) is 23.4 Å². The lowest BCUT2D eigenvalue weighted by Gasteiger charge is -2.45. The molecule has 2 heterocycles. The summed E-state index contributed by atoms with van der Waals surface area (Å²) in [5, 5.41) is 16.4. The molecule has 0 saturated carbocycles. The first-order valence-corrected chi connectivity index (χ1v) is 14.1. The maximum absolute atomic E-state index is 13.0. The second kappa shape index (κ2) is 9.77. The van der Waals surface area contributed by atoms with Crippen LogP contribution in [-0.4, -0.2) is 29.3 Å². The zero-order valence-electron chi connectivity index (χ0n) is 22.7. The van der Waals surface area contributed by atoms with E-state index in [0.717, 1.165) is 39.9 Å². The normalized spacial score (nSPS) is 19.2. The number of non-ortho nitro benzene ring substituents is 1. The van der Waals surface area contributed by atoms with Crippen LogP contribution in [0.3, 0.4) is 0 Å². The van der Waals surface area contributed by atoms with E-state index in [-0.39, 0.29) is 21.9 Å². The summed E-state index contributed by atoms with van der Waals surface area (Å²) in [6.07, 6.45) is 7.48. The SMILES string of the molecule is CC(C)CCCCNC(=O)c1ccc2c(c1)C(C)(C)C1(C=Cc3cc([N+](=O)[O-])c4ccccc4c3S1)N2C. The third-order valence-electron chi connectivity index (χ3n) is 8.13. The number of thioether (sulfide) groups is 1. The summed E-state index contributed by atoms with van der Waals surface area (Å²) in [5.41, 5.74) is 3.55. The number of rotatable bonds is 7. The highest BCUT2D eigenvalue weighted by Crippen LogP contribution is 2.61. The van der Waals surface area contributed by atoms with Gasteiger partial charge in [0.25, 0.3) is 11.6 Å². The van der Waals surface area contributed by atoms with Crippen molar-refractivity contribution in [1.82, 2.24) is 5.32 Å². The van der Waals surface area contributed by atoms with Gasteiger partial charge in [-0.3, -0.25) is 14.9 Å². The van der Waals surface area contributed by atoms with Gasteiger partial charge in [0.05, 0.1) is 10.3 Å². The standard InChI is InChI=1S/C31H35N3O3S/c1-20(2)10-8-9-17-32-29(35)22-13-14-26-25(18-22)30(3,4)31(33(26)5)16-15-21-19-27(34(36)37)23-11-6-7-12-24(23)28(21)38-31/h6-7,11-16,18-20H,8-10,17H2,1-5H3,(H,32,35). The molecule has 0 saturated heterocycles. The lowest BCUT2D eigenvalue weighted by molar-refractivity contribution is -0.383. The van der Waals surface area contributed by atoms with Crippen LogP contribution in [0.15, 0.2) is 59.5 Å². The van der Waals surface area contributed by atoms with Crippen molar-refractivity contribution < 1.29 is 9.72 Å². The summed E-state index contributed by atoms with van der Waals surface area (Å²) >= 11 is 1.74. The van der Waals surface area contributed by atoms with Crippen LogP contribution in [0.2, 0.25) is 0 Å². The van der Waals surface area contributed by atoms with Crippen LogP contribution < -0.4 is 10.2 Å². The molecule has 7 heteroatoms. The monoisotopic (exact) mass is 529 g/mol. The second-order valence-electron chi connectivity index (χ2n) is 11.3. The molecule has 198 valence electrons. The van der Waals surface area contributed by atoms with E-state index in [1.54, 1.807) is 17.8 Å². The molecule has 1 N–H and O–H groups in total. The zero-order chi connectivity index (χ0) is 27.2. The molecule has 1 unspecified atom stereocenters. The quantitative estimate of drug-likeness (QED) is 0.194. The van der Waals surface area contributed by atoms with Crippen molar-refractivity contribution in [3.63, 3.8) is 0 Å². The first-order chi connectivity index (χ1) is 18.1. The fraction of sp³-hybridized carbons (Fsp3) is 0.387. The van der Waals surface area contributed by atoms with E-state index in [4.69, 9.17) is 0 Å². The third kappa shape index (κ3) is 4.17. The van der Waals surface area contributed by atoms with Gasteiger partial charge in [-0.25, -0.2) is 0 Å².